The molecule has 2 atom stereocenters. The quantitative estimate of drug-likeness (QED) is 0.521. The van der Waals surface area contributed by atoms with Crippen molar-refractivity contribution < 1.29 is 9.90 Å². The smallest absolute Gasteiger partial charge is 0.226 e. The molecule has 1 heterocycles. The number of carbonyl (C=O) groups excluding carboxylic acids is 1. The van der Waals surface area contributed by atoms with Gasteiger partial charge in [-0.3, -0.25) is 4.79 Å². The summed E-state index contributed by atoms with van der Waals surface area (Å²) in [6.45, 7) is 2.15. The third-order valence-corrected chi connectivity index (χ3v) is 1.85. The maximum absolute atomic E-state index is 11.1. The first kappa shape index (κ1) is 8.09. The standard InChI is InChI=1S/C8H11NO2/c1-3-6(2)9-5-7(10)4-8(9)11/h1,6-7,10H,4-5H2,2H3. The normalized spacial score (nSPS) is 26.8. The van der Waals surface area contributed by atoms with Crippen molar-refractivity contribution in [1.29, 1.82) is 0 Å². The lowest BCUT2D eigenvalue weighted by Crippen LogP contribution is -2.33. The van der Waals surface area contributed by atoms with Gasteiger partial charge in [-0.2, -0.15) is 0 Å². The van der Waals surface area contributed by atoms with Gasteiger partial charge in [-0.05, 0) is 6.92 Å². The zero-order chi connectivity index (χ0) is 8.43. The second-order valence-electron chi connectivity index (χ2n) is 2.75. The van der Waals surface area contributed by atoms with Crippen LogP contribution in [0.2, 0.25) is 0 Å². The van der Waals surface area contributed by atoms with E-state index in [1.807, 2.05) is 0 Å². The van der Waals surface area contributed by atoms with Crippen molar-refractivity contribution in [1.82, 2.24) is 4.90 Å². The molecule has 0 spiro atoms. The molecule has 1 aliphatic heterocycles. The van der Waals surface area contributed by atoms with Gasteiger partial charge in [-0.1, -0.05) is 5.92 Å². The van der Waals surface area contributed by atoms with Crippen LogP contribution in [0.15, 0.2) is 0 Å². The van der Waals surface area contributed by atoms with E-state index in [2.05, 4.69) is 5.92 Å². The van der Waals surface area contributed by atoms with Crippen molar-refractivity contribution >= 4 is 5.91 Å². The van der Waals surface area contributed by atoms with Crippen LogP contribution in [-0.2, 0) is 4.79 Å². The molecule has 3 nitrogen and oxygen atoms in total. The molecule has 0 aromatic rings. The summed E-state index contributed by atoms with van der Waals surface area (Å²) in [6, 6.07) is -0.195. The van der Waals surface area contributed by atoms with E-state index in [4.69, 9.17) is 11.5 Å². The zero-order valence-corrected chi connectivity index (χ0v) is 6.45. The third kappa shape index (κ3) is 1.52. The Balaban J connectivity index is 2.61. The fraction of sp³-hybridized carbons (Fsp3) is 0.625. The Morgan fingerprint density at radius 3 is 2.91 bits per heavy atom. The molecule has 1 amide bonds. The number of carbonyl (C=O) groups is 1. The number of likely N-dealkylation sites (tertiary alicyclic amines) is 1. The second-order valence-corrected chi connectivity index (χ2v) is 2.75. The van der Waals surface area contributed by atoms with Gasteiger partial charge in [-0.15, -0.1) is 6.42 Å². The highest BCUT2D eigenvalue weighted by Crippen LogP contribution is 2.13. The molecule has 0 aromatic carbocycles. The van der Waals surface area contributed by atoms with Crippen LogP contribution in [0.1, 0.15) is 13.3 Å². The number of hydrogen-bond donors (Lipinski definition) is 1. The molecule has 60 valence electrons. The molecule has 0 aliphatic carbocycles. The summed E-state index contributed by atoms with van der Waals surface area (Å²) in [6.07, 6.45) is 4.82. The van der Waals surface area contributed by atoms with Crippen molar-refractivity contribution in [2.24, 2.45) is 0 Å². The van der Waals surface area contributed by atoms with Gasteiger partial charge in [0.15, 0.2) is 0 Å². The van der Waals surface area contributed by atoms with E-state index in [-0.39, 0.29) is 18.4 Å². The van der Waals surface area contributed by atoms with E-state index >= 15 is 0 Å². The minimum absolute atomic E-state index is 0.0528. The lowest BCUT2D eigenvalue weighted by Gasteiger charge is -2.18. The topological polar surface area (TPSA) is 40.5 Å². The Hall–Kier alpha value is -1.01. The van der Waals surface area contributed by atoms with Crippen LogP contribution in [0.25, 0.3) is 0 Å². The lowest BCUT2D eigenvalue weighted by molar-refractivity contribution is -0.128. The number of β-amino-alcohol motifs (C(OH)–C–C–N with tert-alkyl or cyclic N) is 1. The summed E-state index contributed by atoms with van der Waals surface area (Å²) in [4.78, 5) is 12.6. The first-order valence-corrected chi connectivity index (χ1v) is 3.59. The molecule has 0 aromatic heterocycles. The molecular formula is C8H11NO2. The van der Waals surface area contributed by atoms with Gasteiger partial charge in [-0.25, -0.2) is 0 Å². The molecule has 0 saturated carbocycles. The molecular weight excluding hydrogens is 142 g/mol. The van der Waals surface area contributed by atoms with Crippen molar-refractivity contribution in [3.05, 3.63) is 0 Å². The summed E-state index contributed by atoms with van der Waals surface area (Å²) in [5, 5.41) is 9.08. The largest absolute Gasteiger partial charge is 0.391 e. The highest BCUT2D eigenvalue weighted by Gasteiger charge is 2.30. The number of amides is 1. The summed E-state index contributed by atoms with van der Waals surface area (Å²) < 4.78 is 0. The second kappa shape index (κ2) is 2.93. The van der Waals surface area contributed by atoms with Gasteiger partial charge >= 0.3 is 0 Å². The Morgan fingerprint density at radius 2 is 2.55 bits per heavy atom. The first-order valence-electron chi connectivity index (χ1n) is 3.59. The average Bonchev–Trinajstić information content (AvgIpc) is 2.28. The number of aliphatic hydroxyl groups is 1. The minimum Gasteiger partial charge on any atom is -0.391 e. The Kier molecular flexibility index (Phi) is 2.16. The van der Waals surface area contributed by atoms with Crippen LogP contribution in [-0.4, -0.2) is 34.6 Å². The Morgan fingerprint density at radius 1 is 1.91 bits per heavy atom. The number of terminal acetylenes is 1. The van der Waals surface area contributed by atoms with Crippen LogP contribution in [0.4, 0.5) is 0 Å². The van der Waals surface area contributed by atoms with E-state index < -0.39 is 6.10 Å². The van der Waals surface area contributed by atoms with E-state index in [0.29, 0.717) is 6.54 Å². The van der Waals surface area contributed by atoms with Crippen LogP contribution >= 0.6 is 0 Å². The monoisotopic (exact) mass is 153 g/mol. The molecule has 0 bridgehead atoms. The van der Waals surface area contributed by atoms with Crippen LogP contribution in [0.3, 0.4) is 0 Å². The summed E-state index contributed by atoms with van der Waals surface area (Å²) >= 11 is 0. The third-order valence-electron chi connectivity index (χ3n) is 1.85. The number of hydrogen-bond acceptors (Lipinski definition) is 2. The maximum atomic E-state index is 11.1. The van der Waals surface area contributed by atoms with Gasteiger partial charge in [0.25, 0.3) is 0 Å². The molecule has 1 aliphatic rings. The molecule has 11 heavy (non-hydrogen) atoms. The summed E-state index contributed by atoms with van der Waals surface area (Å²) in [5.74, 6) is 2.40. The first-order chi connectivity index (χ1) is 5.15. The van der Waals surface area contributed by atoms with Crippen molar-refractivity contribution in [2.45, 2.75) is 25.5 Å². The van der Waals surface area contributed by atoms with Crippen molar-refractivity contribution in [3.8, 4) is 12.3 Å². The zero-order valence-electron chi connectivity index (χ0n) is 6.45. The predicted molar refractivity (Wildman–Crippen MR) is 40.6 cm³/mol. The predicted octanol–water partition coefficient (Wildman–Crippen LogP) is -0.399. The number of nitrogens with zero attached hydrogens (tertiary/aromatic N) is 1. The molecule has 1 N–H and O–H groups in total. The van der Waals surface area contributed by atoms with E-state index in [1.165, 1.54) is 4.90 Å². The number of aliphatic hydroxyl groups excluding tert-OH is 1. The highest BCUT2D eigenvalue weighted by molar-refractivity contribution is 5.79. The molecule has 0 radical (unpaired) electrons. The molecule has 3 heteroatoms. The Bertz CT molecular complexity index is 207. The van der Waals surface area contributed by atoms with Crippen LogP contribution in [0.5, 0.6) is 0 Å². The van der Waals surface area contributed by atoms with Gasteiger partial charge in [0.2, 0.25) is 5.91 Å². The number of rotatable bonds is 1. The van der Waals surface area contributed by atoms with E-state index in [9.17, 15) is 4.79 Å². The fourth-order valence-electron chi connectivity index (χ4n) is 1.18. The summed E-state index contributed by atoms with van der Waals surface area (Å²) in [7, 11) is 0. The van der Waals surface area contributed by atoms with E-state index in [0.717, 1.165) is 0 Å². The van der Waals surface area contributed by atoms with Gasteiger partial charge in [0.1, 0.15) is 0 Å². The highest BCUT2D eigenvalue weighted by atomic mass is 16.3. The average molecular weight is 153 g/mol. The molecule has 1 fully saturated rings. The fourth-order valence-corrected chi connectivity index (χ4v) is 1.18. The van der Waals surface area contributed by atoms with E-state index in [1.54, 1.807) is 6.92 Å². The van der Waals surface area contributed by atoms with Crippen LogP contribution < -0.4 is 0 Å². The van der Waals surface area contributed by atoms with Gasteiger partial charge < -0.3 is 10.0 Å². The van der Waals surface area contributed by atoms with Crippen molar-refractivity contribution in [2.75, 3.05) is 6.54 Å². The minimum atomic E-state index is -0.529. The SMILES string of the molecule is C#CC(C)N1CC(O)CC1=O. The van der Waals surface area contributed by atoms with Gasteiger partial charge in [0, 0.05) is 6.54 Å². The van der Waals surface area contributed by atoms with Gasteiger partial charge in [0.05, 0.1) is 18.6 Å². The lowest BCUT2D eigenvalue weighted by atomic mass is 10.3. The maximum Gasteiger partial charge on any atom is 0.226 e. The molecule has 2 unspecified atom stereocenters. The van der Waals surface area contributed by atoms with Crippen LogP contribution in [0, 0.1) is 12.3 Å². The summed E-state index contributed by atoms with van der Waals surface area (Å²) in [5.41, 5.74) is 0. The molecule has 1 rings (SSSR count). The Labute approximate surface area is 66.0 Å². The van der Waals surface area contributed by atoms with Crippen molar-refractivity contribution in [3.63, 3.8) is 0 Å². The molecule has 1 saturated heterocycles.